The fourth-order valence-corrected chi connectivity index (χ4v) is 1.30. The van der Waals surface area contributed by atoms with Crippen LogP contribution in [0.5, 0.6) is 0 Å². The Labute approximate surface area is 93.1 Å². The summed E-state index contributed by atoms with van der Waals surface area (Å²) in [6, 6.07) is 7.30. The normalized spacial score (nSPS) is 14.0. The molecule has 0 fully saturated rings. The van der Waals surface area contributed by atoms with Crippen molar-refractivity contribution in [2.24, 2.45) is 10.1 Å². The smallest absolute Gasteiger partial charge is 0.130 e. The van der Waals surface area contributed by atoms with Gasteiger partial charge in [-0.2, -0.15) is 5.53 Å². The Morgan fingerprint density at radius 3 is 2.00 bits per heavy atom. The Kier molecular flexibility index (Phi) is 2.82. The zero-order valence-electron chi connectivity index (χ0n) is 8.59. The molecular weight excluding hydrogens is 200 g/mol. The Morgan fingerprint density at radius 1 is 0.875 bits per heavy atom. The summed E-state index contributed by atoms with van der Waals surface area (Å²) < 4.78 is 0. The molecule has 0 unspecified atom stereocenters. The van der Waals surface area contributed by atoms with Gasteiger partial charge in [0.2, 0.25) is 0 Å². The van der Waals surface area contributed by atoms with Gasteiger partial charge in [0.15, 0.2) is 0 Å². The summed E-state index contributed by atoms with van der Waals surface area (Å²) in [5.74, 6) is 0. The molecule has 0 spiro atoms. The van der Waals surface area contributed by atoms with Crippen LogP contribution >= 0.6 is 0 Å². The minimum Gasteiger partial charge on any atom is -0.301 e. The van der Waals surface area contributed by atoms with Gasteiger partial charge in [0.1, 0.15) is 5.69 Å². The standard InChI is InChI=1S/C12H10N4/c13-9-1-3-10(4-2-9)15-11-5-7-12(16-14)8-6-11/h1-8,13-14H/p+1. The first-order valence-corrected chi connectivity index (χ1v) is 4.82. The molecule has 16 heavy (non-hydrogen) atoms. The van der Waals surface area contributed by atoms with Crippen LogP contribution in [-0.2, 0) is 0 Å². The van der Waals surface area contributed by atoms with Crippen LogP contribution in [0.2, 0.25) is 0 Å². The third-order valence-electron chi connectivity index (χ3n) is 2.12. The Hall–Kier alpha value is -2.36. The first-order chi connectivity index (χ1) is 7.78. The molecule has 1 aromatic carbocycles. The predicted octanol–water partition coefficient (Wildman–Crippen LogP) is 1.75. The van der Waals surface area contributed by atoms with Crippen molar-refractivity contribution in [3.8, 4) is 0 Å². The number of nitrogens with zero attached hydrogens (tertiary/aromatic N) is 2. The molecule has 0 saturated carbocycles. The lowest BCUT2D eigenvalue weighted by atomic mass is 10.1. The largest absolute Gasteiger partial charge is 0.301 e. The lowest BCUT2D eigenvalue weighted by Gasteiger charge is -2.00. The summed E-state index contributed by atoms with van der Waals surface area (Å²) in [5.41, 5.74) is 8.01. The first-order valence-electron chi connectivity index (χ1n) is 4.82. The Morgan fingerprint density at radius 2 is 1.44 bits per heavy atom. The van der Waals surface area contributed by atoms with Crippen molar-refractivity contribution in [2.75, 3.05) is 0 Å². The van der Waals surface area contributed by atoms with E-state index >= 15 is 0 Å². The molecule has 0 atom stereocenters. The Balaban J connectivity index is 2.23. The van der Waals surface area contributed by atoms with Gasteiger partial charge in [-0.15, -0.1) is 0 Å². The van der Waals surface area contributed by atoms with Crippen LogP contribution in [-0.4, -0.2) is 11.4 Å². The zero-order chi connectivity index (χ0) is 11.4. The summed E-state index contributed by atoms with van der Waals surface area (Å²) in [5, 5.41) is 10.9. The van der Waals surface area contributed by atoms with Gasteiger partial charge in [0, 0.05) is 0 Å². The van der Waals surface area contributed by atoms with Gasteiger partial charge in [-0.1, -0.05) is 0 Å². The third-order valence-corrected chi connectivity index (χ3v) is 2.12. The summed E-state index contributed by atoms with van der Waals surface area (Å²) >= 11 is 0. The van der Waals surface area contributed by atoms with Gasteiger partial charge in [-0.25, -0.2) is 4.99 Å². The average molecular weight is 211 g/mol. The van der Waals surface area contributed by atoms with E-state index in [1.165, 1.54) is 0 Å². The van der Waals surface area contributed by atoms with Gasteiger partial charge in [-0.3, -0.25) is 0 Å². The maximum Gasteiger partial charge on any atom is 0.130 e. The number of hydrogen-bond donors (Lipinski definition) is 2. The minimum atomic E-state index is 0.483. The van der Waals surface area contributed by atoms with Crippen molar-refractivity contribution < 1.29 is 5.53 Å². The molecule has 3 N–H and O–H groups in total. The van der Waals surface area contributed by atoms with Gasteiger partial charge in [-0.05, 0) is 53.7 Å². The monoisotopic (exact) mass is 211 g/mol. The second kappa shape index (κ2) is 4.44. The average Bonchev–Trinajstić information content (AvgIpc) is 2.33. The number of benzene rings is 1. The molecule has 1 aromatic rings. The van der Waals surface area contributed by atoms with Crippen molar-refractivity contribution in [1.82, 2.24) is 0 Å². The lowest BCUT2D eigenvalue weighted by molar-refractivity contribution is -0.210. The maximum atomic E-state index is 7.36. The SMILES string of the molecule is N=C1C=CC(=Nc2ccc(N=[NH2+])cc2)C=C1. The highest BCUT2D eigenvalue weighted by Gasteiger charge is 1.98. The molecule has 1 aliphatic carbocycles. The summed E-state index contributed by atoms with van der Waals surface area (Å²) in [7, 11) is 0. The molecule has 0 amide bonds. The van der Waals surface area contributed by atoms with Crippen molar-refractivity contribution in [3.05, 3.63) is 48.6 Å². The van der Waals surface area contributed by atoms with Crippen molar-refractivity contribution in [1.29, 1.82) is 5.41 Å². The van der Waals surface area contributed by atoms with Crippen LogP contribution in [0, 0.1) is 5.41 Å². The molecule has 0 aromatic heterocycles. The van der Waals surface area contributed by atoms with Crippen LogP contribution in [0.4, 0.5) is 11.4 Å². The molecule has 4 nitrogen and oxygen atoms in total. The van der Waals surface area contributed by atoms with Crippen LogP contribution < -0.4 is 5.53 Å². The van der Waals surface area contributed by atoms with E-state index in [1.54, 1.807) is 24.3 Å². The lowest BCUT2D eigenvalue weighted by Crippen LogP contribution is -2.21. The van der Waals surface area contributed by atoms with E-state index in [0.717, 1.165) is 17.1 Å². The van der Waals surface area contributed by atoms with E-state index in [2.05, 4.69) is 10.1 Å². The molecule has 0 radical (unpaired) electrons. The van der Waals surface area contributed by atoms with E-state index in [4.69, 9.17) is 10.9 Å². The van der Waals surface area contributed by atoms with Crippen LogP contribution in [0.3, 0.4) is 0 Å². The highest BCUT2D eigenvalue weighted by atomic mass is 15.0. The topological polar surface area (TPSA) is 74.2 Å². The third kappa shape index (κ3) is 2.36. The second-order valence-corrected chi connectivity index (χ2v) is 3.30. The zero-order valence-corrected chi connectivity index (χ0v) is 8.59. The highest BCUT2D eigenvalue weighted by molar-refractivity contribution is 6.18. The van der Waals surface area contributed by atoms with Gasteiger partial charge in [0.25, 0.3) is 0 Å². The number of allylic oxidation sites excluding steroid dienone is 4. The van der Waals surface area contributed by atoms with E-state index in [-0.39, 0.29) is 0 Å². The van der Waals surface area contributed by atoms with Gasteiger partial charge >= 0.3 is 0 Å². The summed E-state index contributed by atoms with van der Waals surface area (Å²) in [6.07, 6.45) is 7.04. The molecule has 0 bridgehead atoms. The van der Waals surface area contributed by atoms with E-state index in [0.29, 0.717) is 5.71 Å². The van der Waals surface area contributed by atoms with E-state index in [1.807, 2.05) is 24.3 Å². The molecule has 0 heterocycles. The van der Waals surface area contributed by atoms with Crippen molar-refractivity contribution in [2.45, 2.75) is 0 Å². The number of nitrogens with one attached hydrogen (secondary N) is 1. The van der Waals surface area contributed by atoms with Crippen molar-refractivity contribution in [3.63, 3.8) is 0 Å². The van der Waals surface area contributed by atoms with Crippen LogP contribution in [0.25, 0.3) is 0 Å². The number of nitrogens with two attached hydrogens (primary N) is 1. The first kappa shape index (κ1) is 10.2. The highest BCUT2D eigenvalue weighted by Crippen LogP contribution is 2.18. The minimum absolute atomic E-state index is 0.483. The van der Waals surface area contributed by atoms with E-state index in [9.17, 15) is 0 Å². The van der Waals surface area contributed by atoms with Crippen molar-refractivity contribution >= 4 is 22.8 Å². The Bertz CT molecular complexity index is 488. The molecule has 78 valence electrons. The van der Waals surface area contributed by atoms with E-state index < -0.39 is 0 Å². The fraction of sp³-hybridized carbons (Fsp3) is 0. The molecule has 2 rings (SSSR count). The molecule has 0 aliphatic heterocycles. The van der Waals surface area contributed by atoms with Crippen LogP contribution in [0.15, 0.2) is 58.7 Å². The summed E-state index contributed by atoms with van der Waals surface area (Å²) in [6.45, 7) is 0. The number of aliphatic imine (C=N–C) groups is 1. The van der Waals surface area contributed by atoms with Gasteiger partial charge < -0.3 is 5.41 Å². The predicted molar refractivity (Wildman–Crippen MR) is 63.6 cm³/mol. The second-order valence-electron chi connectivity index (χ2n) is 3.30. The number of hydrogen-bond acceptors (Lipinski definition) is 3. The molecule has 0 saturated heterocycles. The molecular formula is C12H11N4+. The quantitative estimate of drug-likeness (QED) is 0.552. The van der Waals surface area contributed by atoms with Crippen LogP contribution in [0.1, 0.15) is 0 Å². The summed E-state index contributed by atoms with van der Waals surface area (Å²) in [4.78, 5) is 4.39. The fourth-order valence-electron chi connectivity index (χ4n) is 1.30. The number of rotatable bonds is 2. The maximum absolute atomic E-state index is 7.36. The van der Waals surface area contributed by atoms with Gasteiger partial charge in [0.05, 0.1) is 17.1 Å². The molecule has 4 heteroatoms. The molecule has 1 aliphatic rings.